The molecule has 0 aromatic rings. The molecular weight excluding hydrogens is 206 g/mol. The van der Waals surface area contributed by atoms with Crippen LogP contribution in [0.5, 0.6) is 0 Å². The minimum absolute atomic E-state index is 0.231. The minimum Gasteiger partial charge on any atom is -0.444 e. The Kier molecular flexibility index (Phi) is 2.68. The molecule has 0 spiro atoms. The molecule has 2 aliphatic rings. The number of amides is 1. The second-order valence-corrected chi connectivity index (χ2v) is 5.74. The predicted octanol–water partition coefficient (Wildman–Crippen LogP) is 1.74. The smallest absolute Gasteiger partial charge is 0.407 e. The third kappa shape index (κ3) is 2.36. The van der Waals surface area contributed by atoms with Crippen molar-refractivity contribution in [3.8, 4) is 0 Å². The second kappa shape index (κ2) is 3.75. The summed E-state index contributed by atoms with van der Waals surface area (Å²) in [5.74, 6) is 1.51. The minimum atomic E-state index is -0.459. The second-order valence-electron chi connectivity index (χ2n) is 5.74. The Hall–Kier alpha value is -1.06. The van der Waals surface area contributed by atoms with Crippen molar-refractivity contribution in [2.75, 3.05) is 6.54 Å². The van der Waals surface area contributed by atoms with E-state index in [1.54, 1.807) is 0 Å². The highest BCUT2D eigenvalue weighted by molar-refractivity contribution is 5.87. The number of Topliss-reactive ketones (excluding diaryl/α,β-unsaturated/α-hetero) is 1. The number of nitrogens with one attached hydrogen (secondary N) is 1. The zero-order chi connectivity index (χ0) is 11.9. The van der Waals surface area contributed by atoms with Crippen molar-refractivity contribution < 1.29 is 14.3 Å². The molecule has 0 aliphatic heterocycles. The molecular formula is C12H19NO3. The Bertz CT molecular complexity index is 319. The maximum absolute atomic E-state index is 11.4. The van der Waals surface area contributed by atoms with Gasteiger partial charge in [-0.2, -0.15) is 0 Å². The number of ether oxygens (including phenoxy) is 1. The van der Waals surface area contributed by atoms with Crippen LogP contribution in [-0.4, -0.2) is 24.0 Å². The third-order valence-corrected chi connectivity index (χ3v) is 3.31. The lowest BCUT2D eigenvalue weighted by Crippen LogP contribution is -2.34. The van der Waals surface area contributed by atoms with Gasteiger partial charge in [0.25, 0.3) is 0 Å². The quantitative estimate of drug-likeness (QED) is 0.778. The summed E-state index contributed by atoms with van der Waals surface area (Å²) in [7, 11) is 0. The normalized spacial score (nSPS) is 32.2. The van der Waals surface area contributed by atoms with E-state index in [1.165, 1.54) is 0 Å². The lowest BCUT2D eigenvalue weighted by Gasteiger charge is -2.19. The van der Waals surface area contributed by atoms with E-state index in [1.807, 2.05) is 20.8 Å². The first-order chi connectivity index (χ1) is 7.38. The monoisotopic (exact) mass is 225 g/mol. The Morgan fingerprint density at radius 2 is 2.19 bits per heavy atom. The van der Waals surface area contributed by atoms with E-state index in [9.17, 15) is 9.59 Å². The average molecular weight is 225 g/mol. The lowest BCUT2D eigenvalue weighted by atomic mass is 10.1. The van der Waals surface area contributed by atoms with Crippen molar-refractivity contribution in [1.82, 2.24) is 5.32 Å². The number of carbonyl (C=O) groups is 2. The van der Waals surface area contributed by atoms with Crippen molar-refractivity contribution in [3.63, 3.8) is 0 Å². The molecule has 90 valence electrons. The highest BCUT2D eigenvalue weighted by atomic mass is 16.6. The maximum Gasteiger partial charge on any atom is 0.407 e. The Morgan fingerprint density at radius 3 is 2.69 bits per heavy atom. The summed E-state index contributed by atoms with van der Waals surface area (Å²) >= 11 is 0. The number of carbonyl (C=O) groups excluding carboxylic acids is 2. The number of hydrogen-bond donors (Lipinski definition) is 1. The molecule has 4 heteroatoms. The number of hydrogen-bond acceptors (Lipinski definition) is 3. The zero-order valence-electron chi connectivity index (χ0n) is 10.1. The molecule has 16 heavy (non-hydrogen) atoms. The van der Waals surface area contributed by atoms with Gasteiger partial charge in [0.1, 0.15) is 11.4 Å². The Morgan fingerprint density at radius 1 is 1.50 bits per heavy atom. The molecule has 2 rings (SSSR count). The van der Waals surface area contributed by atoms with Crippen molar-refractivity contribution in [2.45, 2.75) is 39.2 Å². The fourth-order valence-electron chi connectivity index (χ4n) is 2.59. The van der Waals surface area contributed by atoms with Crippen LogP contribution in [0.2, 0.25) is 0 Å². The summed E-state index contributed by atoms with van der Waals surface area (Å²) in [6, 6.07) is 0. The highest BCUT2D eigenvalue weighted by Gasteiger charge is 2.57. The molecule has 1 N–H and O–H groups in total. The first-order valence-corrected chi connectivity index (χ1v) is 5.88. The number of rotatable bonds is 2. The van der Waals surface area contributed by atoms with E-state index in [4.69, 9.17) is 4.74 Å². The van der Waals surface area contributed by atoms with Gasteiger partial charge in [0.2, 0.25) is 0 Å². The van der Waals surface area contributed by atoms with E-state index < -0.39 is 5.60 Å². The van der Waals surface area contributed by atoms with Crippen LogP contribution in [-0.2, 0) is 9.53 Å². The molecule has 0 heterocycles. The fraction of sp³-hybridized carbons (Fsp3) is 0.833. The summed E-state index contributed by atoms with van der Waals surface area (Å²) in [5, 5.41) is 2.74. The summed E-state index contributed by atoms with van der Waals surface area (Å²) in [4.78, 5) is 22.7. The van der Waals surface area contributed by atoms with Gasteiger partial charge in [0.15, 0.2) is 0 Å². The van der Waals surface area contributed by atoms with Gasteiger partial charge >= 0.3 is 6.09 Å². The largest absolute Gasteiger partial charge is 0.444 e. The SMILES string of the molecule is CC(C)(C)OC(=O)NCC1C2CCC(=O)C21. The van der Waals surface area contributed by atoms with Crippen LogP contribution in [0.1, 0.15) is 33.6 Å². The highest BCUT2D eigenvalue weighted by Crippen LogP contribution is 2.54. The van der Waals surface area contributed by atoms with E-state index in [0.29, 0.717) is 24.2 Å². The summed E-state index contributed by atoms with van der Waals surface area (Å²) in [6.45, 7) is 6.09. The van der Waals surface area contributed by atoms with E-state index >= 15 is 0 Å². The zero-order valence-corrected chi connectivity index (χ0v) is 10.1. The Balaban J connectivity index is 1.70. The molecule has 2 fully saturated rings. The Labute approximate surface area is 95.7 Å². The first kappa shape index (κ1) is 11.4. The van der Waals surface area contributed by atoms with Crippen molar-refractivity contribution in [2.24, 2.45) is 17.8 Å². The summed E-state index contributed by atoms with van der Waals surface area (Å²) in [6.07, 6.45) is 1.35. The molecule has 0 aromatic heterocycles. The van der Waals surface area contributed by atoms with Gasteiger partial charge < -0.3 is 10.1 Å². The van der Waals surface area contributed by atoms with Crippen molar-refractivity contribution in [3.05, 3.63) is 0 Å². The van der Waals surface area contributed by atoms with Gasteiger partial charge in [-0.25, -0.2) is 4.79 Å². The van der Waals surface area contributed by atoms with Gasteiger partial charge in [0.05, 0.1) is 0 Å². The van der Waals surface area contributed by atoms with Crippen LogP contribution in [0.3, 0.4) is 0 Å². The number of fused-ring (bicyclic) bond motifs is 1. The fourth-order valence-corrected chi connectivity index (χ4v) is 2.59. The van der Waals surface area contributed by atoms with Crippen molar-refractivity contribution >= 4 is 11.9 Å². The first-order valence-electron chi connectivity index (χ1n) is 5.88. The summed E-state index contributed by atoms with van der Waals surface area (Å²) < 4.78 is 5.13. The molecule has 3 unspecified atom stereocenters. The molecule has 0 bridgehead atoms. The summed E-state index contributed by atoms with van der Waals surface area (Å²) in [5.41, 5.74) is -0.459. The van der Waals surface area contributed by atoms with Crippen LogP contribution in [0.15, 0.2) is 0 Å². The molecule has 0 saturated heterocycles. The third-order valence-electron chi connectivity index (χ3n) is 3.31. The van der Waals surface area contributed by atoms with E-state index in [2.05, 4.69) is 5.32 Å². The standard InChI is InChI=1S/C12H19NO3/c1-12(2,3)16-11(15)13-6-8-7-4-5-9(14)10(7)8/h7-8,10H,4-6H2,1-3H3,(H,13,15). The maximum atomic E-state index is 11.4. The molecule has 2 aliphatic carbocycles. The number of alkyl carbamates (subject to hydrolysis) is 1. The van der Waals surface area contributed by atoms with Crippen LogP contribution in [0, 0.1) is 17.8 Å². The average Bonchev–Trinajstić information content (AvgIpc) is 2.69. The molecule has 4 nitrogen and oxygen atoms in total. The topological polar surface area (TPSA) is 55.4 Å². The van der Waals surface area contributed by atoms with Gasteiger partial charge in [-0.15, -0.1) is 0 Å². The molecule has 3 atom stereocenters. The van der Waals surface area contributed by atoms with Crippen LogP contribution >= 0.6 is 0 Å². The molecule has 0 aromatic carbocycles. The predicted molar refractivity (Wildman–Crippen MR) is 58.9 cm³/mol. The number of ketones is 1. The van der Waals surface area contributed by atoms with Crippen LogP contribution < -0.4 is 5.32 Å². The molecule has 1 amide bonds. The molecule has 2 saturated carbocycles. The van der Waals surface area contributed by atoms with Gasteiger partial charge in [-0.3, -0.25) is 4.79 Å². The van der Waals surface area contributed by atoms with E-state index in [-0.39, 0.29) is 12.0 Å². The van der Waals surface area contributed by atoms with Crippen molar-refractivity contribution in [1.29, 1.82) is 0 Å². The van der Waals surface area contributed by atoms with E-state index in [0.717, 1.165) is 12.8 Å². The van der Waals surface area contributed by atoms with Gasteiger partial charge in [0, 0.05) is 18.9 Å². The van der Waals surface area contributed by atoms with Gasteiger partial charge in [-0.05, 0) is 39.0 Å². The van der Waals surface area contributed by atoms with Crippen LogP contribution in [0.25, 0.3) is 0 Å². The lowest BCUT2D eigenvalue weighted by molar-refractivity contribution is -0.119. The van der Waals surface area contributed by atoms with Crippen LogP contribution in [0.4, 0.5) is 4.79 Å². The van der Waals surface area contributed by atoms with Gasteiger partial charge in [-0.1, -0.05) is 0 Å². The molecule has 0 radical (unpaired) electrons.